The van der Waals surface area contributed by atoms with Crippen LogP contribution in [0, 0.1) is 10.1 Å². The van der Waals surface area contributed by atoms with E-state index in [2.05, 4.69) is 0 Å². The highest BCUT2D eigenvalue weighted by atomic mass is 32.2. The SMILES string of the molecule is CC(CC(F)(F)F)NS(=O)(=O)c1cc([N+](=O)[O-])c(NN)s1. The zero-order valence-corrected chi connectivity index (χ0v) is 12.1. The van der Waals surface area contributed by atoms with Crippen LogP contribution in [0.25, 0.3) is 0 Å². The molecule has 0 aromatic carbocycles. The Labute approximate surface area is 121 Å². The van der Waals surface area contributed by atoms with Crippen molar-refractivity contribution in [2.45, 2.75) is 29.8 Å². The maximum Gasteiger partial charge on any atom is 0.390 e. The summed E-state index contributed by atoms with van der Waals surface area (Å²) in [5, 5.41) is 10.5. The van der Waals surface area contributed by atoms with Crippen LogP contribution >= 0.6 is 11.3 Å². The van der Waals surface area contributed by atoms with Gasteiger partial charge in [0.2, 0.25) is 0 Å². The minimum Gasteiger partial charge on any atom is -0.310 e. The summed E-state index contributed by atoms with van der Waals surface area (Å²) in [5.41, 5.74) is 1.39. The molecular formula is C8H11F3N4O4S2. The summed E-state index contributed by atoms with van der Waals surface area (Å²) in [7, 11) is -4.31. The van der Waals surface area contributed by atoms with Crippen LogP contribution in [0.1, 0.15) is 13.3 Å². The maximum atomic E-state index is 12.2. The van der Waals surface area contributed by atoms with Crippen LogP contribution in [-0.4, -0.2) is 25.6 Å². The first kappa shape index (κ1) is 17.6. The Bertz CT molecular complexity index is 628. The van der Waals surface area contributed by atoms with Gasteiger partial charge in [0.1, 0.15) is 4.21 Å². The van der Waals surface area contributed by atoms with Crippen LogP contribution in [0.15, 0.2) is 10.3 Å². The highest BCUT2D eigenvalue weighted by molar-refractivity contribution is 7.91. The fourth-order valence-corrected chi connectivity index (χ4v) is 3.94. The Morgan fingerprint density at radius 2 is 2.10 bits per heavy atom. The van der Waals surface area contributed by atoms with Gasteiger partial charge in [-0.25, -0.2) is 19.0 Å². The van der Waals surface area contributed by atoms with Gasteiger partial charge in [-0.15, -0.1) is 0 Å². The molecule has 0 fully saturated rings. The number of anilines is 1. The number of nitrogens with one attached hydrogen (secondary N) is 2. The molecule has 1 aromatic rings. The van der Waals surface area contributed by atoms with E-state index >= 15 is 0 Å². The number of thiophene rings is 1. The Morgan fingerprint density at radius 3 is 2.48 bits per heavy atom. The second kappa shape index (κ2) is 6.13. The molecule has 120 valence electrons. The molecule has 0 aliphatic rings. The molecule has 0 aliphatic carbocycles. The molecule has 21 heavy (non-hydrogen) atoms. The van der Waals surface area contributed by atoms with E-state index in [0.717, 1.165) is 13.0 Å². The van der Waals surface area contributed by atoms with E-state index in [4.69, 9.17) is 5.84 Å². The van der Waals surface area contributed by atoms with Crippen LogP contribution in [0.4, 0.5) is 23.9 Å². The van der Waals surface area contributed by atoms with E-state index in [-0.39, 0.29) is 5.00 Å². The van der Waals surface area contributed by atoms with Crippen molar-refractivity contribution in [1.82, 2.24) is 4.72 Å². The van der Waals surface area contributed by atoms with E-state index in [0.29, 0.717) is 11.3 Å². The molecule has 4 N–H and O–H groups in total. The van der Waals surface area contributed by atoms with Gasteiger partial charge < -0.3 is 5.43 Å². The number of halogens is 3. The monoisotopic (exact) mass is 348 g/mol. The van der Waals surface area contributed by atoms with Crippen molar-refractivity contribution in [3.05, 3.63) is 16.2 Å². The number of nitrogens with two attached hydrogens (primary N) is 1. The highest BCUT2D eigenvalue weighted by Gasteiger charge is 2.33. The van der Waals surface area contributed by atoms with Crippen molar-refractivity contribution in [1.29, 1.82) is 0 Å². The van der Waals surface area contributed by atoms with Gasteiger partial charge in [-0.2, -0.15) is 13.2 Å². The van der Waals surface area contributed by atoms with Gasteiger partial charge >= 0.3 is 11.9 Å². The lowest BCUT2D eigenvalue weighted by atomic mass is 10.2. The van der Waals surface area contributed by atoms with Crippen molar-refractivity contribution in [3.63, 3.8) is 0 Å². The summed E-state index contributed by atoms with van der Waals surface area (Å²) in [6.07, 6.45) is -5.89. The average Bonchev–Trinajstić information content (AvgIpc) is 2.69. The number of sulfonamides is 1. The molecule has 0 radical (unpaired) electrons. The Hall–Kier alpha value is -1.44. The van der Waals surface area contributed by atoms with Crippen LogP contribution in [0.3, 0.4) is 0 Å². The smallest absolute Gasteiger partial charge is 0.310 e. The topological polar surface area (TPSA) is 127 Å². The second-order valence-corrected chi connectivity index (χ2v) is 7.02. The van der Waals surface area contributed by atoms with Gasteiger partial charge in [0.05, 0.1) is 11.3 Å². The molecule has 1 rings (SSSR count). The third-order valence-electron chi connectivity index (χ3n) is 2.18. The Morgan fingerprint density at radius 1 is 1.52 bits per heavy atom. The average molecular weight is 348 g/mol. The largest absolute Gasteiger partial charge is 0.390 e. The normalized spacial score (nSPS) is 14.0. The van der Waals surface area contributed by atoms with Gasteiger partial charge in [-0.05, 0) is 6.92 Å². The molecule has 1 aromatic heterocycles. The van der Waals surface area contributed by atoms with Gasteiger partial charge in [0.25, 0.3) is 10.0 Å². The van der Waals surface area contributed by atoms with Gasteiger partial charge in [0.15, 0.2) is 5.00 Å². The zero-order valence-electron chi connectivity index (χ0n) is 10.5. The molecule has 0 aliphatic heterocycles. The number of nitrogen functional groups attached to an aromatic ring is 1. The number of alkyl halides is 3. The summed E-state index contributed by atoms with van der Waals surface area (Å²) in [6.45, 7) is 1.04. The number of hydrazine groups is 1. The molecule has 0 amide bonds. The molecule has 1 heterocycles. The first-order chi connectivity index (χ1) is 9.46. The molecule has 13 heteroatoms. The minimum absolute atomic E-state index is 0.219. The first-order valence-electron chi connectivity index (χ1n) is 5.30. The summed E-state index contributed by atoms with van der Waals surface area (Å²) < 4.78 is 61.5. The van der Waals surface area contributed by atoms with Crippen LogP contribution in [0.2, 0.25) is 0 Å². The van der Waals surface area contributed by atoms with Crippen LogP contribution < -0.4 is 16.0 Å². The van der Waals surface area contributed by atoms with Crippen molar-refractivity contribution in [2.75, 3.05) is 5.43 Å². The van der Waals surface area contributed by atoms with Crippen LogP contribution in [0.5, 0.6) is 0 Å². The third kappa shape index (κ3) is 4.80. The molecule has 0 bridgehead atoms. The van der Waals surface area contributed by atoms with E-state index in [1.807, 2.05) is 5.43 Å². The molecule has 0 saturated heterocycles. The van der Waals surface area contributed by atoms with E-state index in [1.54, 1.807) is 4.72 Å². The van der Waals surface area contributed by atoms with Gasteiger partial charge in [-0.1, -0.05) is 11.3 Å². The number of rotatable bonds is 6. The molecule has 1 atom stereocenters. The van der Waals surface area contributed by atoms with E-state index < -0.39 is 43.5 Å². The predicted molar refractivity (Wildman–Crippen MR) is 69.2 cm³/mol. The summed E-state index contributed by atoms with van der Waals surface area (Å²) >= 11 is 0.445. The summed E-state index contributed by atoms with van der Waals surface area (Å²) in [4.78, 5) is 9.83. The van der Waals surface area contributed by atoms with Crippen LogP contribution in [-0.2, 0) is 10.0 Å². The van der Waals surface area contributed by atoms with Crippen molar-refractivity contribution in [2.24, 2.45) is 5.84 Å². The van der Waals surface area contributed by atoms with Crippen molar-refractivity contribution in [3.8, 4) is 0 Å². The summed E-state index contributed by atoms with van der Waals surface area (Å²) in [5.74, 6) is 5.02. The fraction of sp³-hybridized carbons (Fsp3) is 0.500. The lowest BCUT2D eigenvalue weighted by Crippen LogP contribution is -2.35. The van der Waals surface area contributed by atoms with E-state index in [9.17, 15) is 31.7 Å². The predicted octanol–water partition coefficient (Wildman–Crippen LogP) is 1.56. The van der Waals surface area contributed by atoms with Gasteiger partial charge in [-0.3, -0.25) is 10.1 Å². The highest BCUT2D eigenvalue weighted by Crippen LogP contribution is 2.36. The summed E-state index contributed by atoms with van der Waals surface area (Å²) in [6, 6.07) is -0.687. The number of nitrogens with zero attached hydrogens (tertiary/aromatic N) is 1. The quantitative estimate of drug-likeness (QED) is 0.407. The van der Waals surface area contributed by atoms with E-state index in [1.165, 1.54) is 0 Å². The number of hydrogen-bond acceptors (Lipinski definition) is 7. The molecule has 0 saturated carbocycles. The lowest BCUT2D eigenvalue weighted by Gasteiger charge is -2.14. The third-order valence-corrected chi connectivity index (χ3v) is 5.30. The molecule has 1 unspecified atom stereocenters. The standard InChI is InChI=1S/C8H11F3N4O4S2/c1-4(3-8(9,10)11)14-21(18,19)6-2-5(15(16)17)7(13-12)20-6/h2,4,13-14H,3,12H2,1H3. The second-order valence-electron chi connectivity index (χ2n) is 4.02. The number of nitro groups is 1. The molecular weight excluding hydrogens is 337 g/mol. The number of hydrogen-bond donors (Lipinski definition) is 3. The lowest BCUT2D eigenvalue weighted by molar-refractivity contribution is -0.383. The molecule has 8 nitrogen and oxygen atoms in total. The first-order valence-corrected chi connectivity index (χ1v) is 7.60. The minimum atomic E-state index is -4.53. The van der Waals surface area contributed by atoms with Crippen molar-refractivity contribution < 1.29 is 26.5 Å². The zero-order chi connectivity index (χ0) is 16.4. The molecule has 0 spiro atoms. The Balaban J connectivity index is 3.01. The van der Waals surface area contributed by atoms with Crippen molar-refractivity contribution >= 4 is 32.0 Å². The maximum absolute atomic E-state index is 12.2. The fourth-order valence-electron chi connectivity index (χ4n) is 1.44. The van der Waals surface area contributed by atoms with Gasteiger partial charge in [0, 0.05) is 12.1 Å². The Kier molecular flexibility index (Phi) is 5.14.